The Hall–Kier alpha value is -3.00. The van der Waals surface area contributed by atoms with Crippen molar-refractivity contribution in [3.05, 3.63) is 64.1 Å². The normalized spacial score (nSPS) is 12.8. The van der Waals surface area contributed by atoms with Gasteiger partial charge in [-0.25, -0.2) is 14.5 Å². The summed E-state index contributed by atoms with van der Waals surface area (Å²) in [6.45, 7) is 2.93. The molecule has 0 radical (unpaired) electrons. The van der Waals surface area contributed by atoms with Gasteiger partial charge in [0, 0.05) is 11.6 Å². The number of aromatic amines is 1. The molecule has 138 valence electrons. The summed E-state index contributed by atoms with van der Waals surface area (Å²) in [4.78, 5) is 24.6. The van der Waals surface area contributed by atoms with Crippen LogP contribution < -0.4 is 15.2 Å². The van der Waals surface area contributed by atoms with Gasteiger partial charge >= 0.3 is 5.69 Å². The summed E-state index contributed by atoms with van der Waals surface area (Å²) in [7, 11) is 0. The van der Waals surface area contributed by atoms with Crippen LogP contribution in [0.2, 0.25) is 0 Å². The molecule has 0 fully saturated rings. The summed E-state index contributed by atoms with van der Waals surface area (Å²) in [6, 6.07) is 12.7. The second-order valence-corrected chi connectivity index (χ2v) is 7.00. The van der Waals surface area contributed by atoms with Crippen LogP contribution in [0.3, 0.4) is 0 Å². The number of nitrogens with zero attached hydrogens (tertiary/aromatic N) is 2. The summed E-state index contributed by atoms with van der Waals surface area (Å²) in [6.07, 6.45) is 0. The zero-order chi connectivity index (χ0) is 18.8. The number of hydrogen-bond donors (Lipinski definition) is 1. The van der Waals surface area contributed by atoms with Gasteiger partial charge in [-0.1, -0.05) is 41.6 Å². The fraction of sp³-hybridized carbons (Fsp3) is 0.211. The van der Waals surface area contributed by atoms with Crippen molar-refractivity contribution < 1.29 is 14.3 Å². The smallest absolute Gasteiger partial charge is 0.348 e. The third-order valence-corrected chi connectivity index (χ3v) is 5.07. The van der Waals surface area contributed by atoms with E-state index >= 15 is 0 Å². The molecule has 1 N–H and O–H groups in total. The highest BCUT2D eigenvalue weighted by Gasteiger charge is 2.17. The number of rotatable bonds is 5. The summed E-state index contributed by atoms with van der Waals surface area (Å²) < 4.78 is 12.5. The molecule has 0 bridgehead atoms. The Kier molecular flexibility index (Phi) is 4.72. The summed E-state index contributed by atoms with van der Waals surface area (Å²) in [5, 5.41) is 6.90. The van der Waals surface area contributed by atoms with Crippen LogP contribution >= 0.6 is 11.8 Å². The van der Waals surface area contributed by atoms with E-state index in [2.05, 4.69) is 10.2 Å². The van der Waals surface area contributed by atoms with E-state index in [1.807, 2.05) is 19.1 Å². The molecule has 8 heteroatoms. The lowest BCUT2D eigenvalue weighted by Crippen LogP contribution is -2.18. The predicted molar refractivity (Wildman–Crippen MR) is 101 cm³/mol. The topological polar surface area (TPSA) is 86.2 Å². The molecule has 7 nitrogen and oxygen atoms in total. The maximum atomic E-state index is 12.4. The van der Waals surface area contributed by atoms with Gasteiger partial charge in [-0.05, 0) is 19.1 Å². The largest absolute Gasteiger partial charge is 0.486 e. The molecule has 1 aromatic heterocycles. The lowest BCUT2D eigenvalue weighted by atomic mass is 10.1. The lowest BCUT2D eigenvalue weighted by molar-refractivity contribution is 0.102. The third-order valence-electron chi connectivity index (χ3n) is 4.13. The number of carbonyl (C=O) groups excluding carboxylic acids is 1. The zero-order valence-electron chi connectivity index (χ0n) is 14.6. The first-order valence-corrected chi connectivity index (χ1v) is 9.40. The summed E-state index contributed by atoms with van der Waals surface area (Å²) in [5.41, 5.74) is 1.95. The standard InChI is InChI=1S/C19H17N3O4S/c1-12-2-4-13(5-3-12)15(23)11-27-19-21-20-18(24)22(19)14-6-7-16-17(10-14)26-9-8-25-16/h2-7,10H,8-9,11H2,1H3,(H,20,24). The number of carbonyl (C=O) groups is 1. The third kappa shape index (κ3) is 3.61. The second kappa shape index (κ2) is 7.32. The van der Waals surface area contributed by atoms with E-state index < -0.39 is 0 Å². The molecule has 3 aromatic rings. The minimum absolute atomic E-state index is 0.0239. The maximum absolute atomic E-state index is 12.4. The van der Waals surface area contributed by atoms with Crippen LogP contribution in [-0.4, -0.2) is 39.5 Å². The van der Waals surface area contributed by atoms with Gasteiger partial charge < -0.3 is 9.47 Å². The van der Waals surface area contributed by atoms with Crippen LogP contribution in [0, 0.1) is 6.92 Å². The Morgan fingerprint density at radius 1 is 1.15 bits per heavy atom. The average Bonchev–Trinajstić information content (AvgIpc) is 3.06. The number of benzene rings is 2. The van der Waals surface area contributed by atoms with Gasteiger partial charge in [0.1, 0.15) is 13.2 Å². The van der Waals surface area contributed by atoms with Gasteiger partial charge in [0.25, 0.3) is 0 Å². The van der Waals surface area contributed by atoms with Crippen molar-refractivity contribution in [1.29, 1.82) is 0 Å². The first kappa shape index (κ1) is 17.4. The van der Waals surface area contributed by atoms with Crippen molar-refractivity contribution in [1.82, 2.24) is 14.8 Å². The number of fused-ring (bicyclic) bond motifs is 1. The van der Waals surface area contributed by atoms with E-state index in [9.17, 15) is 9.59 Å². The molecule has 0 spiro atoms. The molecule has 2 aromatic carbocycles. The van der Waals surface area contributed by atoms with Crippen molar-refractivity contribution in [2.24, 2.45) is 0 Å². The second-order valence-electron chi connectivity index (χ2n) is 6.05. The fourth-order valence-corrected chi connectivity index (χ4v) is 3.59. The van der Waals surface area contributed by atoms with E-state index in [-0.39, 0.29) is 17.2 Å². The first-order valence-electron chi connectivity index (χ1n) is 8.42. The highest BCUT2D eigenvalue weighted by atomic mass is 32.2. The van der Waals surface area contributed by atoms with Crippen molar-refractivity contribution in [3.63, 3.8) is 0 Å². The van der Waals surface area contributed by atoms with Gasteiger partial charge in [0.2, 0.25) is 0 Å². The van der Waals surface area contributed by atoms with Gasteiger partial charge in [-0.2, -0.15) is 0 Å². The molecular weight excluding hydrogens is 366 g/mol. The molecular formula is C19H17N3O4S. The number of thioether (sulfide) groups is 1. The SMILES string of the molecule is Cc1ccc(C(=O)CSc2n[nH]c(=O)n2-c2ccc3c(c2)OCCO3)cc1. The van der Waals surface area contributed by atoms with Crippen LogP contribution in [0.5, 0.6) is 11.5 Å². The van der Waals surface area contributed by atoms with Gasteiger partial charge in [0.15, 0.2) is 22.4 Å². The van der Waals surface area contributed by atoms with Gasteiger partial charge in [-0.3, -0.25) is 4.79 Å². The number of nitrogens with one attached hydrogen (secondary N) is 1. The Balaban J connectivity index is 1.56. The van der Waals surface area contributed by atoms with Crippen molar-refractivity contribution in [3.8, 4) is 17.2 Å². The van der Waals surface area contributed by atoms with E-state index in [0.29, 0.717) is 41.1 Å². The molecule has 2 heterocycles. The van der Waals surface area contributed by atoms with Crippen LogP contribution in [-0.2, 0) is 0 Å². The number of hydrogen-bond acceptors (Lipinski definition) is 6. The summed E-state index contributed by atoms with van der Waals surface area (Å²) in [5.74, 6) is 1.38. The molecule has 0 amide bonds. The monoisotopic (exact) mass is 383 g/mol. The Labute approximate surface area is 159 Å². The number of ether oxygens (including phenoxy) is 2. The predicted octanol–water partition coefficient (Wildman–Crippen LogP) is 2.62. The number of ketones is 1. The van der Waals surface area contributed by atoms with Crippen molar-refractivity contribution >= 4 is 17.5 Å². The van der Waals surface area contributed by atoms with Gasteiger partial charge in [-0.15, -0.1) is 5.10 Å². The molecule has 0 unspecified atom stereocenters. The summed E-state index contributed by atoms with van der Waals surface area (Å²) >= 11 is 1.21. The molecule has 4 rings (SSSR count). The Bertz CT molecular complexity index is 1040. The Morgan fingerprint density at radius 2 is 1.89 bits per heavy atom. The zero-order valence-corrected chi connectivity index (χ0v) is 15.4. The van der Waals surface area contributed by atoms with E-state index in [1.54, 1.807) is 30.3 Å². The Morgan fingerprint density at radius 3 is 2.67 bits per heavy atom. The number of aryl methyl sites for hydroxylation is 1. The molecule has 27 heavy (non-hydrogen) atoms. The van der Waals surface area contributed by atoms with E-state index in [1.165, 1.54) is 16.3 Å². The molecule has 0 saturated heterocycles. The highest BCUT2D eigenvalue weighted by molar-refractivity contribution is 7.99. The van der Waals surface area contributed by atoms with Crippen molar-refractivity contribution in [2.75, 3.05) is 19.0 Å². The average molecular weight is 383 g/mol. The lowest BCUT2D eigenvalue weighted by Gasteiger charge is -2.19. The van der Waals surface area contributed by atoms with Crippen LogP contribution in [0.25, 0.3) is 5.69 Å². The number of Topliss-reactive ketones (excluding diaryl/α,β-unsaturated/α-hetero) is 1. The fourth-order valence-electron chi connectivity index (χ4n) is 2.73. The van der Waals surface area contributed by atoms with E-state index in [0.717, 1.165) is 5.56 Å². The molecule has 1 aliphatic heterocycles. The molecule has 0 saturated carbocycles. The first-order chi connectivity index (χ1) is 13.1. The van der Waals surface area contributed by atoms with Gasteiger partial charge in [0.05, 0.1) is 11.4 Å². The minimum atomic E-state index is -0.378. The van der Waals surface area contributed by atoms with Crippen molar-refractivity contribution in [2.45, 2.75) is 12.1 Å². The van der Waals surface area contributed by atoms with Crippen LogP contribution in [0.4, 0.5) is 0 Å². The number of H-pyrrole nitrogens is 1. The van der Waals surface area contributed by atoms with Crippen LogP contribution in [0.15, 0.2) is 52.4 Å². The van der Waals surface area contributed by atoms with E-state index in [4.69, 9.17) is 9.47 Å². The molecule has 0 atom stereocenters. The highest BCUT2D eigenvalue weighted by Crippen LogP contribution is 2.32. The minimum Gasteiger partial charge on any atom is -0.486 e. The molecule has 0 aliphatic carbocycles. The number of aromatic nitrogens is 3. The quantitative estimate of drug-likeness (QED) is 0.538. The van der Waals surface area contributed by atoms with Crippen LogP contribution in [0.1, 0.15) is 15.9 Å². The molecule has 1 aliphatic rings. The maximum Gasteiger partial charge on any atom is 0.348 e.